The Balaban J connectivity index is 2.38. The summed E-state index contributed by atoms with van der Waals surface area (Å²) >= 11 is 0. The summed E-state index contributed by atoms with van der Waals surface area (Å²) in [6, 6.07) is 2.93. The number of halogens is 2. The summed E-state index contributed by atoms with van der Waals surface area (Å²) in [6.07, 6.45) is 0. The van der Waals surface area contributed by atoms with E-state index in [0.29, 0.717) is 5.69 Å². The van der Waals surface area contributed by atoms with Crippen molar-refractivity contribution in [1.82, 2.24) is 10.2 Å². The second kappa shape index (κ2) is 5.32. The number of nitrogen functional groups attached to an aromatic ring is 1. The highest BCUT2D eigenvalue weighted by Gasteiger charge is 2.25. The number of hydrogen-bond acceptors (Lipinski definition) is 4. The normalized spacial score (nSPS) is 11.9. The number of sulfonamides is 1. The third-order valence-electron chi connectivity index (χ3n) is 2.75. The number of nitrogens with two attached hydrogens (primary N) is 1. The lowest BCUT2D eigenvalue weighted by atomic mass is 10.1. The van der Waals surface area contributed by atoms with Crippen molar-refractivity contribution in [2.45, 2.75) is 24.7 Å². The van der Waals surface area contributed by atoms with Crippen LogP contribution in [0.5, 0.6) is 0 Å². The smallest absolute Gasteiger partial charge is 0.268 e. The quantitative estimate of drug-likeness (QED) is 0.753. The zero-order valence-electron chi connectivity index (χ0n) is 11.3. The molecule has 0 unspecified atom stereocenters. The van der Waals surface area contributed by atoms with Crippen molar-refractivity contribution in [3.05, 3.63) is 35.5 Å². The fourth-order valence-corrected chi connectivity index (χ4v) is 2.82. The number of anilines is 2. The van der Waals surface area contributed by atoms with E-state index in [-0.39, 0.29) is 17.4 Å². The number of rotatable bonds is 4. The first-order valence-corrected chi connectivity index (χ1v) is 7.51. The summed E-state index contributed by atoms with van der Waals surface area (Å²) in [7, 11) is -4.44. The van der Waals surface area contributed by atoms with Crippen LogP contribution in [0.25, 0.3) is 0 Å². The first-order chi connectivity index (χ1) is 9.70. The van der Waals surface area contributed by atoms with Gasteiger partial charge in [0.25, 0.3) is 10.0 Å². The van der Waals surface area contributed by atoms with Crippen LogP contribution in [0.4, 0.5) is 20.3 Å². The predicted octanol–water partition coefficient (Wildman–Crippen LogP) is 2.19. The molecule has 1 heterocycles. The van der Waals surface area contributed by atoms with Gasteiger partial charge in [0.15, 0.2) is 10.7 Å². The highest BCUT2D eigenvalue weighted by Crippen LogP contribution is 2.24. The lowest BCUT2D eigenvalue weighted by Gasteiger charge is -2.08. The van der Waals surface area contributed by atoms with Crippen LogP contribution in [0.15, 0.2) is 23.1 Å². The Bertz CT molecular complexity index is 748. The summed E-state index contributed by atoms with van der Waals surface area (Å²) in [6.45, 7) is 3.76. The molecule has 0 saturated heterocycles. The van der Waals surface area contributed by atoms with E-state index in [0.717, 1.165) is 12.1 Å². The lowest BCUT2D eigenvalue weighted by molar-refractivity contribution is 0.522. The molecule has 21 heavy (non-hydrogen) atoms. The standard InChI is InChI=1S/C12H14F2N4O2S/c1-6(2)10-5-11(17-16-10)18-21(19,20)12-8(13)3-7(15)4-9(12)14/h3-6H,15H2,1-2H3,(H2,16,17,18). The summed E-state index contributed by atoms with van der Waals surface area (Å²) in [4.78, 5) is -1.09. The molecule has 6 nitrogen and oxygen atoms in total. The van der Waals surface area contributed by atoms with Gasteiger partial charge in [0.05, 0.1) is 0 Å². The van der Waals surface area contributed by atoms with Gasteiger partial charge in [-0.3, -0.25) is 9.82 Å². The number of aromatic amines is 1. The molecule has 4 N–H and O–H groups in total. The zero-order chi connectivity index (χ0) is 15.8. The molecule has 2 rings (SSSR count). The van der Waals surface area contributed by atoms with Gasteiger partial charge in [-0.25, -0.2) is 17.2 Å². The summed E-state index contributed by atoms with van der Waals surface area (Å²) in [5, 5.41) is 6.37. The van der Waals surface area contributed by atoms with Gasteiger partial charge in [-0.05, 0) is 18.1 Å². The summed E-state index contributed by atoms with van der Waals surface area (Å²) in [5.41, 5.74) is 5.73. The molecular weight excluding hydrogens is 302 g/mol. The van der Waals surface area contributed by atoms with Crippen molar-refractivity contribution >= 4 is 21.5 Å². The number of nitrogens with zero attached hydrogens (tertiary/aromatic N) is 1. The Morgan fingerprint density at radius 2 is 1.81 bits per heavy atom. The molecule has 0 aliphatic heterocycles. The molecule has 0 amide bonds. The van der Waals surface area contributed by atoms with E-state index in [1.807, 2.05) is 18.6 Å². The van der Waals surface area contributed by atoms with Gasteiger partial charge in [-0.2, -0.15) is 5.10 Å². The highest BCUT2D eigenvalue weighted by molar-refractivity contribution is 7.92. The van der Waals surface area contributed by atoms with Crippen molar-refractivity contribution in [1.29, 1.82) is 0 Å². The second-order valence-corrected chi connectivity index (χ2v) is 6.40. The highest BCUT2D eigenvalue weighted by atomic mass is 32.2. The minimum Gasteiger partial charge on any atom is -0.399 e. The van der Waals surface area contributed by atoms with Crippen LogP contribution in [0.2, 0.25) is 0 Å². The van der Waals surface area contributed by atoms with Crippen molar-refractivity contribution in [3.63, 3.8) is 0 Å². The van der Waals surface area contributed by atoms with Crippen LogP contribution in [0.3, 0.4) is 0 Å². The van der Waals surface area contributed by atoms with Crippen LogP contribution in [-0.4, -0.2) is 18.6 Å². The van der Waals surface area contributed by atoms with E-state index < -0.39 is 26.6 Å². The molecule has 0 aliphatic rings. The fourth-order valence-electron chi connectivity index (χ4n) is 1.71. The number of H-pyrrole nitrogens is 1. The zero-order valence-corrected chi connectivity index (χ0v) is 12.1. The maximum absolute atomic E-state index is 13.7. The molecule has 1 aromatic carbocycles. The number of aromatic nitrogens is 2. The molecule has 0 aliphatic carbocycles. The van der Waals surface area contributed by atoms with E-state index >= 15 is 0 Å². The van der Waals surface area contributed by atoms with E-state index in [1.54, 1.807) is 0 Å². The molecule has 0 fully saturated rings. The molecule has 1 aromatic heterocycles. The third-order valence-corrected chi connectivity index (χ3v) is 4.15. The van der Waals surface area contributed by atoms with Gasteiger partial charge in [0, 0.05) is 17.4 Å². The van der Waals surface area contributed by atoms with E-state index in [4.69, 9.17) is 5.73 Å². The average molecular weight is 316 g/mol. The van der Waals surface area contributed by atoms with Crippen LogP contribution in [0, 0.1) is 11.6 Å². The van der Waals surface area contributed by atoms with E-state index in [1.165, 1.54) is 6.07 Å². The largest absolute Gasteiger partial charge is 0.399 e. The van der Waals surface area contributed by atoms with Crippen LogP contribution >= 0.6 is 0 Å². The van der Waals surface area contributed by atoms with Crippen LogP contribution in [-0.2, 0) is 10.0 Å². The van der Waals surface area contributed by atoms with Gasteiger partial charge in [0.1, 0.15) is 11.6 Å². The molecule has 0 radical (unpaired) electrons. The van der Waals surface area contributed by atoms with Crippen molar-refractivity contribution in [2.75, 3.05) is 10.5 Å². The number of benzene rings is 1. The van der Waals surface area contributed by atoms with Gasteiger partial charge >= 0.3 is 0 Å². The van der Waals surface area contributed by atoms with Gasteiger partial charge in [-0.1, -0.05) is 13.8 Å². The average Bonchev–Trinajstić information content (AvgIpc) is 2.74. The second-order valence-electron chi connectivity index (χ2n) is 4.78. The first-order valence-electron chi connectivity index (χ1n) is 6.03. The van der Waals surface area contributed by atoms with Crippen molar-refractivity contribution in [3.8, 4) is 0 Å². The number of nitrogens with one attached hydrogen (secondary N) is 2. The molecular formula is C12H14F2N4O2S. The lowest BCUT2D eigenvalue weighted by Crippen LogP contribution is -2.17. The molecule has 0 atom stereocenters. The molecule has 0 bridgehead atoms. The minimum atomic E-state index is -4.44. The minimum absolute atomic E-state index is 0.0469. The summed E-state index contributed by atoms with van der Waals surface area (Å²) < 4.78 is 53.5. The Kier molecular flexibility index (Phi) is 3.86. The van der Waals surface area contributed by atoms with E-state index in [9.17, 15) is 17.2 Å². The monoisotopic (exact) mass is 316 g/mol. The van der Waals surface area contributed by atoms with Gasteiger partial charge < -0.3 is 5.73 Å². The Morgan fingerprint density at radius 3 is 2.29 bits per heavy atom. The first kappa shape index (κ1) is 15.2. The maximum Gasteiger partial charge on any atom is 0.268 e. The Labute approximate surface area is 120 Å². The molecule has 114 valence electrons. The van der Waals surface area contributed by atoms with Gasteiger partial charge in [-0.15, -0.1) is 0 Å². The molecule has 0 saturated carbocycles. The molecule has 9 heteroatoms. The number of hydrogen-bond donors (Lipinski definition) is 3. The predicted molar refractivity (Wildman–Crippen MR) is 74.3 cm³/mol. The fraction of sp³-hybridized carbons (Fsp3) is 0.250. The SMILES string of the molecule is CC(C)c1cc(NS(=O)(=O)c2c(F)cc(N)cc2F)n[nH]1. The maximum atomic E-state index is 13.7. The Morgan fingerprint density at radius 1 is 1.24 bits per heavy atom. The summed E-state index contributed by atoms with van der Waals surface area (Å²) in [5.74, 6) is -2.48. The topological polar surface area (TPSA) is 101 Å². The van der Waals surface area contributed by atoms with Crippen LogP contribution in [0.1, 0.15) is 25.5 Å². The van der Waals surface area contributed by atoms with Crippen molar-refractivity contribution in [2.24, 2.45) is 0 Å². The van der Waals surface area contributed by atoms with Crippen molar-refractivity contribution < 1.29 is 17.2 Å². The molecule has 0 spiro atoms. The van der Waals surface area contributed by atoms with E-state index in [2.05, 4.69) is 10.2 Å². The van der Waals surface area contributed by atoms with Crippen LogP contribution < -0.4 is 10.5 Å². The third kappa shape index (κ3) is 3.13. The Hall–Kier alpha value is -2.16. The van der Waals surface area contributed by atoms with Gasteiger partial charge in [0.2, 0.25) is 0 Å². The molecule has 2 aromatic rings.